The molecule has 0 heterocycles. The average molecular weight is 481 g/mol. The molecule has 0 saturated heterocycles. The van der Waals surface area contributed by atoms with E-state index < -0.39 is 16.0 Å². The maximum atomic E-state index is 12.2. The molecule has 0 aliphatic rings. The van der Waals surface area contributed by atoms with Gasteiger partial charge >= 0.3 is 5.97 Å². The summed E-state index contributed by atoms with van der Waals surface area (Å²) in [5, 5.41) is 3.24. The zero-order chi connectivity index (χ0) is 23.6. The second kappa shape index (κ2) is 12.3. The van der Waals surface area contributed by atoms with Crippen molar-refractivity contribution in [2.45, 2.75) is 19.3 Å². The van der Waals surface area contributed by atoms with Crippen molar-refractivity contribution in [2.24, 2.45) is 0 Å². The number of benzene rings is 2. The van der Waals surface area contributed by atoms with Gasteiger partial charge in [0.25, 0.3) is 5.91 Å². The van der Waals surface area contributed by atoms with Crippen LogP contribution >= 0.6 is 11.6 Å². The maximum absolute atomic E-state index is 12.2. The van der Waals surface area contributed by atoms with Gasteiger partial charge in [-0.25, -0.2) is 13.1 Å². The summed E-state index contributed by atoms with van der Waals surface area (Å²) >= 11 is 5.78. The van der Waals surface area contributed by atoms with Crippen LogP contribution in [0.3, 0.4) is 0 Å². The molecule has 0 spiro atoms. The molecule has 2 N–H and O–H groups in total. The number of Topliss-reactive ketones (excluding diaryl/α,β-unsaturated/α-hetero) is 1. The minimum absolute atomic E-state index is 0.0699. The lowest BCUT2D eigenvalue weighted by Gasteiger charge is -2.07. The van der Waals surface area contributed by atoms with E-state index in [1.54, 1.807) is 48.5 Å². The van der Waals surface area contributed by atoms with E-state index in [4.69, 9.17) is 16.3 Å². The number of amides is 1. The van der Waals surface area contributed by atoms with E-state index >= 15 is 0 Å². The van der Waals surface area contributed by atoms with E-state index in [0.717, 1.165) is 11.8 Å². The smallest absolute Gasteiger partial charge is 0.306 e. The van der Waals surface area contributed by atoms with Crippen LogP contribution in [0.5, 0.6) is 0 Å². The van der Waals surface area contributed by atoms with Gasteiger partial charge in [-0.1, -0.05) is 35.9 Å². The molecule has 0 radical (unpaired) electrons. The van der Waals surface area contributed by atoms with Crippen LogP contribution in [-0.4, -0.2) is 52.0 Å². The van der Waals surface area contributed by atoms with Gasteiger partial charge in [0.2, 0.25) is 10.0 Å². The molecule has 0 atom stereocenters. The molecule has 2 rings (SSSR count). The van der Waals surface area contributed by atoms with Crippen molar-refractivity contribution in [2.75, 3.05) is 26.0 Å². The van der Waals surface area contributed by atoms with Gasteiger partial charge in [0, 0.05) is 35.7 Å². The van der Waals surface area contributed by atoms with Crippen molar-refractivity contribution in [1.82, 2.24) is 10.0 Å². The lowest BCUT2D eigenvalue weighted by atomic mass is 10.1. The van der Waals surface area contributed by atoms with E-state index in [2.05, 4.69) is 10.0 Å². The third-order valence-corrected chi connectivity index (χ3v) is 5.35. The first-order chi connectivity index (χ1) is 15.1. The van der Waals surface area contributed by atoms with Crippen LogP contribution in [0.4, 0.5) is 0 Å². The van der Waals surface area contributed by atoms with Crippen LogP contribution in [0.25, 0.3) is 0 Å². The summed E-state index contributed by atoms with van der Waals surface area (Å²) in [4.78, 5) is 36.0. The van der Waals surface area contributed by atoms with Crippen molar-refractivity contribution >= 4 is 39.3 Å². The fourth-order valence-electron chi connectivity index (χ4n) is 2.68. The molecule has 2 aromatic carbocycles. The number of nitrogens with one attached hydrogen (secondary N) is 2. The Bertz CT molecular complexity index is 1040. The van der Waals surface area contributed by atoms with Gasteiger partial charge in [-0.2, -0.15) is 0 Å². The molecule has 32 heavy (non-hydrogen) atoms. The highest BCUT2D eigenvalue weighted by atomic mass is 35.5. The Hall–Kier alpha value is -2.75. The zero-order valence-corrected chi connectivity index (χ0v) is 19.2. The van der Waals surface area contributed by atoms with Crippen LogP contribution in [0, 0.1) is 0 Å². The van der Waals surface area contributed by atoms with E-state index in [1.807, 2.05) is 0 Å². The topological polar surface area (TPSA) is 119 Å². The van der Waals surface area contributed by atoms with E-state index in [-0.39, 0.29) is 31.3 Å². The average Bonchev–Trinajstić information content (AvgIpc) is 2.75. The van der Waals surface area contributed by atoms with Crippen LogP contribution in [0.1, 0.15) is 39.1 Å². The second-order valence-corrected chi connectivity index (χ2v) is 9.33. The molecule has 2 aromatic rings. The molecule has 0 unspecified atom stereocenters. The lowest BCUT2D eigenvalue weighted by Crippen LogP contribution is -2.25. The Kier molecular flexibility index (Phi) is 9.83. The van der Waals surface area contributed by atoms with Gasteiger partial charge in [-0.3, -0.25) is 14.4 Å². The molecular formula is C22H25ClN2O6S. The van der Waals surface area contributed by atoms with Crippen molar-refractivity contribution in [3.63, 3.8) is 0 Å². The summed E-state index contributed by atoms with van der Waals surface area (Å²) < 4.78 is 29.5. The summed E-state index contributed by atoms with van der Waals surface area (Å²) in [6.07, 6.45) is 2.03. The summed E-state index contributed by atoms with van der Waals surface area (Å²) in [6, 6.07) is 13.1. The number of hydrogen-bond acceptors (Lipinski definition) is 6. The summed E-state index contributed by atoms with van der Waals surface area (Å²) in [5.74, 6) is -1.13. The molecule has 0 bridgehead atoms. The zero-order valence-electron chi connectivity index (χ0n) is 17.6. The number of hydrogen-bond donors (Lipinski definition) is 2. The molecule has 0 aromatic heterocycles. The number of ether oxygens (including phenoxy) is 1. The number of rotatable bonds is 12. The summed E-state index contributed by atoms with van der Waals surface area (Å²) in [7, 11) is -3.24. The largest absolute Gasteiger partial charge is 0.457 e. The number of halogens is 1. The van der Waals surface area contributed by atoms with Crippen molar-refractivity contribution < 1.29 is 27.5 Å². The second-order valence-electron chi connectivity index (χ2n) is 7.06. The normalized spacial score (nSPS) is 11.1. The van der Waals surface area contributed by atoms with Crippen molar-refractivity contribution in [3.8, 4) is 0 Å². The Morgan fingerprint density at radius 2 is 1.56 bits per heavy atom. The van der Waals surface area contributed by atoms with E-state index in [0.29, 0.717) is 35.5 Å². The highest BCUT2D eigenvalue weighted by molar-refractivity contribution is 7.88. The van der Waals surface area contributed by atoms with Crippen LogP contribution in [0.2, 0.25) is 5.02 Å². The molecule has 10 heteroatoms. The number of carbonyl (C=O) groups is 3. The molecule has 0 aliphatic heterocycles. The monoisotopic (exact) mass is 480 g/mol. The third kappa shape index (κ3) is 9.59. The number of ketones is 1. The van der Waals surface area contributed by atoms with Gasteiger partial charge in [-0.05, 0) is 42.7 Å². The standard InChI is InChI=1S/C22H25ClN2O6S/c1-32(29,30)25-14-12-16-4-6-17(7-5-16)20(26)15-31-21(27)3-2-13-24-22(28)18-8-10-19(23)11-9-18/h4-11,25H,2-3,12-15H2,1H3,(H,24,28). The number of sulfonamides is 1. The predicted molar refractivity (Wildman–Crippen MR) is 121 cm³/mol. The highest BCUT2D eigenvalue weighted by Crippen LogP contribution is 2.09. The summed E-state index contributed by atoms with van der Waals surface area (Å²) in [5.41, 5.74) is 1.74. The van der Waals surface area contributed by atoms with E-state index in [9.17, 15) is 22.8 Å². The lowest BCUT2D eigenvalue weighted by molar-refractivity contribution is -0.142. The van der Waals surface area contributed by atoms with Crippen LogP contribution < -0.4 is 10.0 Å². The SMILES string of the molecule is CS(=O)(=O)NCCc1ccc(C(=O)COC(=O)CCCNC(=O)c2ccc(Cl)cc2)cc1. The van der Waals surface area contributed by atoms with Crippen molar-refractivity contribution in [1.29, 1.82) is 0 Å². The highest BCUT2D eigenvalue weighted by Gasteiger charge is 2.11. The Labute approximate surface area is 192 Å². The van der Waals surface area contributed by atoms with Gasteiger partial charge < -0.3 is 10.1 Å². The van der Waals surface area contributed by atoms with Gasteiger partial charge in [-0.15, -0.1) is 0 Å². The van der Waals surface area contributed by atoms with Gasteiger partial charge in [0.05, 0.1) is 6.26 Å². The summed E-state index contributed by atoms with van der Waals surface area (Å²) in [6.45, 7) is 0.189. The fourth-order valence-corrected chi connectivity index (χ4v) is 3.28. The third-order valence-electron chi connectivity index (χ3n) is 4.37. The fraction of sp³-hybridized carbons (Fsp3) is 0.318. The Morgan fingerprint density at radius 1 is 0.938 bits per heavy atom. The molecule has 1 amide bonds. The van der Waals surface area contributed by atoms with Crippen molar-refractivity contribution in [3.05, 3.63) is 70.2 Å². The van der Waals surface area contributed by atoms with E-state index in [1.165, 1.54) is 0 Å². The Morgan fingerprint density at radius 3 is 2.19 bits per heavy atom. The van der Waals surface area contributed by atoms with Gasteiger partial charge in [0.15, 0.2) is 12.4 Å². The number of esters is 1. The minimum atomic E-state index is -3.24. The molecule has 8 nitrogen and oxygen atoms in total. The molecule has 0 saturated carbocycles. The Balaban J connectivity index is 1.65. The number of carbonyl (C=O) groups excluding carboxylic acids is 3. The first-order valence-corrected chi connectivity index (χ1v) is 12.2. The van der Waals surface area contributed by atoms with Crippen LogP contribution in [-0.2, 0) is 26.0 Å². The molecule has 0 aliphatic carbocycles. The first kappa shape index (κ1) is 25.5. The first-order valence-electron chi connectivity index (χ1n) is 9.90. The minimum Gasteiger partial charge on any atom is -0.457 e. The molecule has 172 valence electrons. The quantitative estimate of drug-likeness (QED) is 0.273. The van der Waals surface area contributed by atoms with Crippen LogP contribution in [0.15, 0.2) is 48.5 Å². The molecule has 0 fully saturated rings. The van der Waals surface area contributed by atoms with Gasteiger partial charge in [0.1, 0.15) is 0 Å². The molecular weight excluding hydrogens is 456 g/mol. The maximum Gasteiger partial charge on any atom is 0.306 e. The predicted octanol–water partition coefficient (Wildman–Crippen LogP) is 2.37.